The summed E-state index contributed by atoms with van der Waals surface area (Å²) in [4.78, 5) is 0. The van der Waals surface area contributed by atoms with Gasteiger partial charge in [0.25, 0.3) is 0 Å². The Kier molecular flexibility index (Phi) is 3.63. The Morgan fingerprint density at radius 3 is 2.75 bits per heavy atom. The van der Waals surface area contributed by atoms with Gasteiger partial charge in [-0.15, -0.1) is 0 Å². The molecular weight excluding hydrogens is 240 g/mol. The molecule has 3 aliphatic carbocycles. The largest absolute Gasteiger partial charge is 0.0998 e. The van der Waals surface area contributed by atoms with E-state index in [4.69, 9.17) is 0 Å². The van der Waals surface area contributed by atoms with Crippen LogP contribution in [0.1, 0.15) is 66.2 Å². The monoisotopic (exact) mass is 272 g/mol. The van der Waals surface area contributed by atoms with Crippen LogP contribution < -0.4 is 0 Å². The Morgan fingerprint density at radius 1 is 1.30 bits per heavy atom. The van der Waals surface area contributed by atoms with E-state index in [9.17, 15) is 0 Å². The van der Waals surface area contributed by atoms with Crippen LogP contribution in [0.15, 0.2) is 23.8 Å². The van der Waals surface area contributed by atoms with Gasteiger partial charge in [-0.25, -0.2) is 0 Å². The number of rotatable bonds is 1. The van der Waals surface area contributed by atoms with Crippen molar-refractivity contribution in [3.8, 4) is 0 Å². The quantitative estimate of drug-likeness (QED) is 0.514. The van der Waals surface area contributed by atoms with Gasteiger partial charge in [0.2, 0.25) is 0 Å². The number of fused-ring (bicyclic) bond motifs is 2. The Morgan fingerprint density at radius 2 is 2.05 bits per heavy atom. The van der Waals surface area contributed by atoms with Gasteiger partial charge in [0.05, 0.1) is 0 Å². The zero-order valence-corrected chi connectivity index (χ0v) is 13.9. The van der Waals surface area contributed by atoms with E-state index in [0.29, 0.717) is 5.41 Å². The van der Waals surface area contributed by atoms with Gasteiger partial charge in [-0.05, 0) is 87.4 Å². The van der Waals surface area contributed by atoms with Gasteiger partial charge in [0.15, 0.2) is 0 Å². The van der Waals surface area contributed by atoms with Crippen molar-refractivity contribution in [2.75, 3.05) is 0 Å². The van der Waals surface area contributed by atoms with E-state index in [1.807, 2.05) is 0 Å². The van der Waals surface area contributed by atoms with Crippen molar-refractivity contribution in [2.45, 2.75) is 66.2 Å². The van der Waals surface area contributed by atoms with Crippen LogP contribution in [0, 0.1) is 35.0 Å². The first-order valence-corrected chi connectivity index (χ1v) is 8.74. The molecule has 3 rings (SSSR count). The number of hydrogen-bond donors (Lipinski definition) is 0. The summed E-state index contributed by atoms with van der Waals surface area (Å²) >= 11 is 0. The van der Waals surface area contributed by atoms with E-state index in [1.165, 1.54) is 44.1 Å². The third-order valence-electron chi connectivity index (χ3n) is 7.20. The Labute approximate surface area is 125 Å². The van der Waals surface area contributed by atoms with Crippen molar-refractivity contribution in [1.82, 2.24) is 0 Å². The highest BCUT2D eigenvalue weighted by atomic mass is 14.5. The minimum absolute atomic E-state index is 0.572. The third kappa shape index (κ3) is 2.20. The molecule has 112 valence electrons. The second kappa shape index (κ2) is 5.04. The van der Waals surface area contributed by atoms with Crippen LogP contribution in [0.5, 0.6) is 0 Å². The van der Waals surface area contributed by atoms with E-state index < -0.39 is 0 Å². The Bertz CT molecular complexity index is 429. The standard InChI is InChI=1S/C20H32/c1-13(2)16-10-11-20(5)12-18-15(4)6-8-17(18)14(3)7-9-19(16)20/h7,15-19H,1,6,8-12H2,2-5H3. The first kappa shape index (κ1) is 14.4. The molecule has 0 aromatic rings. The SMILES string of the molecule is C=C(C)C1CCC2(C)CC3C(C)CCC3C(C)=CCC12. The summed E-state index contributed by atoms with van der Waals surface area (Å²) in [7, 11) is 0. The van der Waals surface area contributed by atoms with Gasteiger partial charge in [-0.2, -0.15) is 0 Å². The van der Waals surface area contributed by atoms with Crippen LogP contribution in [0.25, 0.3) is 0 Å². The van der Waals surface area contributed by atoms with Gasteiger partial charge in [-0.1, -0.05) is 37.6 Å². The zero-order valence-electron chi connectivity index (χ0n) is 13.9. The van der Waals surface area contributed by atoms with Crippen LogP contribution in [-0.2, 0) is 0 Å². The smallest absolute Gasteiger partial charge is 0.0172 e. The van der Waals surface area contributed by atoms with E-state index in [0.717, 1.165) is 29.6 Å². The lowest BCUT2D eigenvalue weighted by Crippen LogP contribution is -2.32. The van der Waals surface area contributed by atoms with E-state index in [2.05, 4.69) is 40.3 Å². The summed E-state index contributed by atoms with van der Waals surface area (Å²) in [5.74, 6) is 4.40. The van der Waals surface area contributed by atoms with Crippen LogP contribution in [-0.4, -0.2) is 0 Å². The average Bonchev–Trinajstić information content (AvgIpc) is 2.88. The van der Waals surface area contributed by atoms with E-state index in [-0.39, 0.29) is 0 Å². The fourth-order valence-corrected chi connectivity index (χ4v) is 5.83. The molecule has 2 fully saturated rings. The molecule has 20 heavy (non-hydrogen) atoms. The normalized spacial score (nSPS) is 48.0. The number of hydrogen-bond acceptors (Lipinski definition) is 0. The van der Waals surface area contributed by atoms with Crippen molar-refractivity contribution in [1.29, 1.82) is 0 Å². The second-order valence-electron chi connectivity index (χ2n) is 8.46. The summed E-state index contributed by atoms with van der Waals surface area (Å²) < 4.78 is 0. The molecule has 0 aromatic heterocycles. The molecule has 0 heteroatoms. The molecule has 0 aromatic carbocycles. The molecule has 0 heterocycles. The predicted octanol–water partition coefficient (Wildman–Crippen LogP) is 6.00. The lowest BCUT2D eigenvalue weighted by atomic mass is 9.64. The van der Waals surface area contributed by atoms with Crippen molar-refractivity contribution in [2.24, 2.45) is 35.0 Å². The van der Waals surface area contributed by atoms with Gasteiger partial charge >= 0.3 is 0 Å². The van der Waals surface area contributed by atoms with Crippen LogP contribution in [0.4, 0.5) is 0 Å². The first-order valence-electron chi connectivity index (χ1n) is 8.74. The molecule has 0 spiro atoms. The van der Waals surface area contributed by atoms with E-state index in [1.54, 1.807) is 5.57 Å². The highest BCUT2D eigenvalue weighted by Crippen LogP contribution is 2.58. The molecule has 6 unspecified atom stereocenters. The van der Waals surface area contributed by atoms with Gasteiger partial charge in [0, 0.05) is 0 Å². The molecule has 0 radical (unpaired) electrons. The van der Waals surface area contributed by atoms with Crippen LogP contribution >= 0.6 is 0 Å². The molecular formula is C20H32. The highest BCUT2D eigenvalue weighted by Gasteiger charge is 2.49. The Hall–Kier alpha value is -0.520. The summed E-state index contributed by atoms with van der Waals surface area (Å²) in [6.45, 7) is 14.1. The average molecular weight is 272 g/mol. The lowest BCUT2D eigenvalue weighted by Gasteiger charge is -2.41. The highest BCUT2D eigenvalue weighted by molar-refractivity contribution is 5.16. The minimum atomic E-state index is 0.572. The topological polar surface area (TPSA) is 0 Å². The summed E-state index contributed by atoms with van der Waals surface area (Å²) in [5.41, 5.74) is 3.71. The molecule has 0 N–H and O–H groups in total. The molecule has 0 saturated heterocycles. The summed E-state index contributed by atoms with van der Waals surface area (Å²) in [6, 6.07) is 0. The third-order valence-corrected chi connectivity index (χ3v) is 7.20. The first-order chi connectivity index (χ1) is 9.42. The van der Waals surface area contributed by atoms with Gasteiger partial charge in [-0.3, -0.25) is 0 Å². The van der Waals surface area contributed by atoms with Crippen molar-refractivity contribution < 1.29 is 0 Å². The fourth-order valence-electron chi connectivity index (χ4n) is 5.83. The molecule has 0 nitrogen and oxygen atoms in total. The minimum Gasteiger partial charge on any atom is -0.0998 e. The molecule has 0 amide bonds. The van der Waals surface area contributed by atoms with Crippen LogP contribution in [0.2, 0.25) is 0 Å². The molecule has 2 saturated carbocycles. The predicted molar refractivity (Wildman–Crippen MR) is 87.5 cm³/mol. The molecule has 0 aliphatic heterocycles. The van der Waals surface area contributed by atoms with Crippen molar-refractivity contribution in [3.63, 3.8) is 0 Å². The second-order valence-corrected chi connectivity index (χ2v) is 8.46. The maximum atomic E-state index is 4.29. The van der Waals surface area contributed by atoms with Crippen molar-refractivity contribution in [3.05, 3.63) is 23.8 Å². The maximum Gasteiger partial charge on any atom is -0.0172 e. The number of allylic oxidation sites excluding steroid dienone is 3. The fraction of sp³-hybridized carbons (Fsp3) is 0.800. The lowest BCUT2D eigenvalue weighted by molar-refractivity contribution is 0.124. The van der Waals surface area contributed by atoms with Crippen LogP contribution in [0.3, 0.4) is 0 Å². The molecule has 6 atom stereocenters. The zero-order chi connectivity index (χ0) is 14.5. The molecule has 3 aliphatic rings. The summed E-state index contributed by atoms with van der Waals surface area (Å²) in [6.07, 6.45) is 11.1. The maximum absolute atomic E-state index is 4.29. The van der Waals surface area contributed by atoms with Crippen molar-refractivity contribution >= 4 is 0 Å². The van der Waals surface area contributed by atoms with E-state index >= 15 is 0 Å². The molecule has 0 bridgehead atoms. The van der Waals surface area contributed by atoms with Gasteiger partial charge < -0.3 is 0 Å². The van der Waals surface area contributed by atoms with Gasteiger partial charge in [0.1, 0.15) is 0 Å². The Balaban J connectivity index is 1.94. The summed E-state index contributed by atoms with van der Waals surface area (Å²) in [5, 5.41) is 0.